The first-order chi connectivity index (χ1) is 8.11. The van der Waals surface area contributed by atoms with E-state index in [1.54, 1.807) is 4.68 Å². The fourth-order valence-electron chi connectivity index (χ4n) is 1.57. The quantitative estimate of drug-likeness (QED) is 0.947. The van der Waals surface area contributed by atoms with E-state index in [2.05, 4.69) is 32.3 Å². The topological polar surface area (TPSA) is 56.7 Å². The van der Waals surface area contributed by atoms with Crippen LogP contribution in [0.5, 0.6) is 0 Å². The van der Waals surface area contributed by atoms with E-state index in [0.717, 1.165) is 22.3 Å². The Labute approximate surface area is 109 Å². The van der Waals surface area contributed by atoms with Crippen LogP contribution >= 0.6 is 15.9 Å². The van der Waals surface area contributed by atoms with E-state index in [0.29, 0.717) is 0 Å². The zero-order valence-corrected chi connectivity index (χ0v) is 11.5. The van der Waals surface area contributed by atoms with Gasteiger partial charge in [-0.15, -0.1) is 5.10 Å². The van der Waals surface area contributed by atoms with Gasteiger partial charge in [0.25, 0.3) is 0 Å². The minimum atomic E-state index is -0.0482. The first kappa shape index (κ1) is 12.3. The highest BCUT2D eigenvalue weighted by atomic mass is 79.9. The first-order valence-electron chi connectivity index (χ1n) is 5.56. The molecule has 1 unspecified atom stereocenters. The van der Waals surface area contributed by atoms with E-state index in [9.17, 15) is 0 Å². The lowest BCUT2D eigenvalue weighted by Gasteiger charge is -2.05. The molecule has 0 radical (unpaired) electrons. The second-order valence-corrected chi connectivity index (χ2v) is 4.91. The molecule has 0 fully saturated rings. The zero-order chi connectivity index (χ0) is 12.4. The number of nitrogens with two attached hydrogens (primary N) is 1. The number of nitrogens with zero attached hydrogens (tertiary/aromatic N) is 3. The smallest absolute Gasteiger partial charge is 0.0998 e. The number of aromatic nitrogens is 3. The van der Waals surface area contributed by atoms with Crippen molar-refractivity contribution in [3.8, 4) is 5.69 Å². The van der Waals surface area contributed by atoms with Crippen molar-refractivity contribution in [1.29, 1.82) is 0 Å². The standard InChI is InChI=1S/C12H15BrN4/c1-3-10(14)11-7-17(16-15-11)12-5-4-8(2)6-9(12)13/h4-7,10H,3,14H2,1-2H3. The molecule has 0 spiro atoms. The molecule has 2 N–H and O–H groups in total. The molecular weight excluding hydrogens is 280 g/mol. The van der Waals surface area contributed by atoms with Crippen LogP contribution in [0, 0.1) is 6.92 Å². The molecule has 5 heteroatoms. The van der Waals surface area contributed by atoms with Gasteiger partial charge in [0.1, 0.15) is 0 Å². The molecule has 1 aromatic heterocycles. The van der Waals surface area contributed by atoms with Crippen LogP contribution in [-0.4, -0.2) is 15.0 Å². The molecule has 1 aromatic carbocycles. The van der Waals surface area contributed by atoms with Crippen LogP contribution in [0.2, 0.25) is 0 Å². The van der Waals surface area contributed by atoms with Crippen LogP contribution in [0.3, 0.4) is 0 Å². The molecule has 0 saturated carbocycles. The predicted molar refractivity (Wildman–Crippen MR) is 71.0 cm³/mol. The van der Waals surface area contributed by atoms with Crippen molar-refractivity contribution in [3.05, 3.63) is 40.1 Å². The van der Waals surface area contributed by atoms with Crippen molar-refractivity contribution in [1.82, 2.24) is 15.0 Å². The molecule has 90 valence electrons. The molecule has 0 saturated heterocycles. The lowest BCUT2D eigenvalue weighted by Crippen LogP contribution is -2.08. The Balaban J connectivity index is 2.37. The van der Waals surface area contributed by atoms with Gasteiger partial charge in [0.2, 0.25) is 0 Å². The molecule has 17 heavy (non-hydrogen) atoms. The van der Waals surface area contributed by atoms with Crippen molar-refractivity contribution < 1.29 is 0 Å². The van der Waals surface area contributed by atoms with Crippen molar-refractivity contribution in [2.24, 2.45) is 5.73 Å². The summed E-state index contributed by atoms with van der Waals surface area (Å²) in [7, 11) is 0. The maximum atomic E-state index is 5.92. The summed E-state index contributed by atoms with van der Waals surface area (Å²) in [5, 5.41) is 8.20. The number of halogens is 1. The van der Waals surface area contributed by atoms with E-state index in [1.807, 2.05) is 32.2 Å². The number of benzene rings is 1. The van der Waals surface area contributed by atoms with Crippen LogP contribution in [0.1, 0.15) is 30.6 Å². The molecule has 1 heterocycles. The lowest BCUT2D eigenvalue weighted by molar-refractivity contribution is 0.670. The molecule has 0 aliphatic carbocycles. The second-order valence-electron chi connectivity index (χ2n) is 4.06. The average Bonchev–Trinajstić information content (AvgIpc) is 2.77. The fraction of sp³-hybridized carbons (Fsp3) is 0.333. The average molecular weight is 295 g/mol. The van der Waals surface area contributed by atoms with E-state index >= 15 is 0 Å². The Morgan fingerprint density at radius 3 is 2.88 bits per heavy atom. The van der Waals surface area contributed by atoms with E-state index in [4.69, 9.17) is 5.73 Å². The normalized spacial score (nSPS) is 12.7. The van der Waals surface area contributed by atoms with Gasteiger partial charge in [-0.1, -0.05) is 18.2 Å². The Morgan fingerprint density at radius 2 is 2.24 bits per heavy atom. The van der Waals surface area contributed by atoms with Crippen molar-refractivity contribution >= 4 is 15.9 Å². The number of aryl methyl sites for hydroxylation is 1. The molecule has 0 aliphatic heterocycles. The number of rotatable bonds is 3. The summed E-state index contributed by atoms with van der Waals surface area (Å²) in [4.78, 5) is 0. The minimum absolute atomic E-state index is 0.0482. The predicted octanol–water partition coefficient (Wildman–Crippen LogP) is 2.75. The van der Waals surface area contributed by atoms with Crippen LogP contribution in [0.25, 0.3) is 5.69 Å². The third-order valence-corrected chi connectivity index (χ3v) is 3.32. The van der Waals surface area contributed by atoms with Gasteiger partial charge in [-0.2, -0.15) is 0 Å². The summed E-state index contributed by atoms with van der Waals surface area (Å²) in [6.45, 7) is 4.08. The fourth-order valence-corrected chi connectivity index (χ4v) is 2.25. The van der Waals surface area contributed by atoms with Gasteiger partial charge in [-0.25, -0.2) is 4.68 Å². The van der Waals surface area contributed by atoms with Gasteiger partial charge >= 0.3 is 0 Å². The SMILES string of the molecule is CCC(N)c1cn(-c2ccc(C)cc2Br)nn1. The molecule has 2 aromatic rings. The van der Waals surface area contributed by atoms with Crippen molar-refractivity contribution in [3.63, 3.8) is 0 Å². The Hall–Kier alpha value is -1.20. The highest BCUT2D eigenvalue weighted by Gasteiger charge is 2.10. The van der Waals surface area contributed by atoms with Gasteiger partial charge in [0.05, 0.1) is 23.6 Å². The third kappa shape index (κ3) is 2.56. The Morgan fingerprint density at radius 1 is 1.47 bits per heavy atom. The van der Waals surface area contributed by atoms with Crippen molar-refractivity contribution in [2.45, 2.75) is 26.3 Å². The van der Waals surface area contributed by atoms with Gasteiger partial charge in [0.15, 0.2) is 0 Å². The Kier molecular flexibility index (Phi) is 3.59. The highest BCUT2D eigenvalue weighted by molar-refractivity contribution is 9.10. The summed E-state index contributed by atoms with van der Waals surface area (Å²) in [5.74, 6) is 0. The van der Waals surface area contributed by atoms with Crippen molar-refractivity contribution in [2.75, 3.05) is 0 Å². The molecule has 4 nitrogen and oxygen atoms in total. The third-order valence-electron chi connectivity index (χ3n) is 2.68. The number of hydrogen-bond acceptors (Lipinski definition) is 3. The largest absolute Gasteiger partial charge is 0.323 e. The highest BCUT2D eigenvalue weighted by Crippen LogP contribution is 2.22. The maximum absolute atomic E-state index is 5.92. The van der Waals surface area contributed by atoms with Gasteiger partial charge in [-0.3, -0.25) is 0 Å². The first-order valence-corrected chi connectivity index (χ1v) is 6.35. The monoisotopic (exact) mass is 294 g/mol. The van der Waals surface area contributed by atoms with Gasteiger partial charge in [0, 0.05) is 4.47 Å². The second kappa shape index (κ2) is 4.98. The summed E-state index contributed by atoms with van der Waals surface area (Å²) >= 11 is 3.53. The maximum Gasteiger partial charge on any atom is 0.0998 e. The molecule has 0 bridgehead atoms. The molecule has 2 rings (SSSR count). The van der Waals surface area contributed by atoms with Gasteiger partial charge < -0.3 is 5.73 Å². The van der Waals surface area contributed by atoms with Crippen LogP contribution in [0.4, 0.5) is 0 Å². The summed E-state index contributed by atoms with van der Waals surface area (Å²) in [5.41, 5.74) is 8.91. The summed E-state index contributed by atoms with van der Waals surface area (Å²) in [6.07, 6.45) is 2.73. The van der Waals surface area contributed by atoms with E-state index < -0.39 is 0 Å². The van der Waals surface area contributed by atoms with Crippen LogP contribution in [0.15, 0.2) is 28.9 Å². The lowest BCUT2D eigenvalue weighted by atomic mass is 10.2. The van der Waals surface area contributed by atoms with Crippen LogP contribution in [-0.2, 0) is 0 Å². The molecule has 0 amide bonds. The number of hydrogen-bond donors (Lipinski definition) is 1. The van der Waals surface area contributed by atoms with Crippen LogP contribution < -0.4 is 5.73 Å². The summed E-state index contributed by atoms with van der Waals surface area (Å²) < 4.78 is 2.74. The van der Waals surface area contributed by atoms with E-state index in [1.165, 1.54) is 5.56 Å². The van der Waals surface area contributed by atoms with Gasteiger partial charge in [-0.05, 0) is 47.0 Å². The van der Waals surface area contributed by atoms with E-state index in [-0.39, 0.29) is 6.04 Å². The molecule has 1 atom stereocenters. The zero-order valence-electron chi connectivity index (χ0n) is 9.89. The molecule has 0 aliphatic rings. The minimum Gasteiger partial charge on any atom is -0.323 e. The molecular formula is C12H15BrN4. The Bertz CT molecular complexity index is 521. The summed E-state index contributed by atoms with van der Waals surface area (Å²) in [6, 6.07) is 6.06.